The van der Waals surface area contributed by atoms with Gasteiger partial charge < -0.3 is 0 Å². The Morgan fingerprint density at radius 2 is 0.921 bits per heavy atom. The zero-order chi connectivity index (χ0) is 41.6. The molecule has 3 aliphatic carbocycles. The molecule has 0 saturated heterocycles. The van der Waals surface area contributed by atoms with Crippen LogP contribution in [0.2, 0.25) is 0 Å². The molecule has 0 radical (unpaired) electrons. The molecule has 0 fully saturated rings. The number of hydrogen-bond acceptors (Lipinski definition) is 4. The van der Waals surface area contributed by atoms with Crippen molar-refractivity contribution in [3.63, 3.8) is 0 Å². The van der Waals surface area contributed by atoms with E-state index in [2.05, 4.69) is 207 Å². The van der Waals surface area contributed by atoms with E-state index < -0.39 is 5.41 Å². The summed E-state index contributed by atoms with van der Waals surface area (Å²) in [6.45, 7) is 2.35. The third-order valence-corrected chi connectivity index (χ3v) is 14.9. The molecule has 1 unspecified atom stereocenters. The van der Waals surface area contributed by atoms with Crippen molar-refractivity contribution < 1.29 is 0 Å². The van der Waals surface area contributed by atoms with Crippen molar-refractivity contribution in [2.24, 2.45) is 0 Å². The van der Waals surface area contributed by atoms with Crippen LogP contribution in [0.5, 0.6) is 0 Å². The summed E-state index contributed by atoms with van der Waals surface area (Å²) in [7, 11) is 0. The van der Waals surface area contributed by atoms with Gasteiger partial charge in [-0.2, -0.15) is 0 Å². The summed E-state index contributed by atoms with van der Waals surface area (Å²) >= 11 is 1.91. The molecule has 10 aromatic rings. The molecule has 0 N–H and O–H groups in total. The summed E-state index contributed by atoms with van der Waals surface area (Å²) in [5, 5.41) is 1.39. The topological polar surface area (TPSA) is 38.7 Å². The lowest BCUT2D eigenvalue weighted by atomic mass is 9.70. The van der Waals surface area contributed by atoms with Crippen molar-refractivity contribution in [2.45, 2.75) is 24.7 Å². The number of benzene rings is 8. The second-order valence-electron chi connectivity index (χ2n) is 17.0. The Labute approximate surface area is 370 Å². The van der Waals surface area contributed by atoms with Gasteiger partial charge in [-0.15, -0.1) is 11.3 Å². The number of aromatic nitrogens is 3. The zero-order valence-electron chi connectivity index (χ0n) is 34.6. The van der Waals surface area contributed by atoms with E-state index in [0.717, 1.165) is 28.7 Å². The molecular formula is C59H39N3S. The zero-order valence-corrected chi connectivity index (χ0v) is 35.4. The van der Waals surface area contributed by atoms with Crippen LogP contribution in [0.15, 0.2) is 200 Å². The summed E-state index contributed by atoms with van der Waals surface area (Å²) in [4.78, 5) is 17.4. The van der Waals surface area contributed by atoms with Gasteiger partial charge in [-0.3, -0.25) is 0 Å². The minimum atomic E-state index is -0.462. The Kier molecular flexibility index (Phi) is 8.03. The van der Waals surface area contributed by atoms with Gasteiger partial charge in [-0.1, -0.05) is 201 Å². The van der Waals surface area contributed by atoms with Gasteiger partial charge in [0.2, 0.25) is 0 Å². The molecule has 2 aromatic heterocycles. The maximum atomic E-state index is 5.40. The second-order valence-corrected chi connectivity index (χ2v) is 18.1. The normalized spacial score (nSPS) is 15.1. The van der Waals surface area contributed by atoms with Gasteiger partial charge in [0.1, 0.15) is 0 Å². The van der Waals surface area contributed by atoms with Gasteiger partial charge in [0, 0.05) is 26.3 Å². The minimum absolute atomic E-state index is 0.462. The molecular weight excluding hydrogens is 783 g/mol. The molecule has 2 heterocycles. The van der Waals surface area contributed by atoms with Gasteiger partial charge in [-0.25, -0.2) is 15.0 Å². The predicted molar refractivity (Wildman–Crippen MR) is 260 cm³/mol. The lowest BCUT2D eigenvalue weighted by molar-refractivity contribution is 0.780. The molecule has 1 spiro atoms. The van der Waals surface area contributed by atoms with Crippen molar-refractivity contribution in [1.82, 2.24) is 15.0 Å². The van der Waals surface area contributed by atoms with Gasteiger partial charge >= 0.3 is 0 Å². The largest absolute Gasteiger partial charge is 0.208 e. The molecule has 0 bridgehead atoms. The quantitative estimate of drug-likeness (QED) is 0.174. The van der Waals surface area contributed by atoms with Crippen LogP contribution in [0, 0.1) is 0 Å². The van der Waals surface area contributed by atoms with E-state index in [-0.39, 0.29) is 0 Å². The summed E-state index contributed by atoms with van der Waals surface area (Å²) in [6.07, 6.45) is 3.45. The molecule has 0 saturated carbocycles. The van der Waals surface area contributed by atoms with Crippen LogP contribution in [-0.2, 0) is 5.41 Å². The van der Waals surface area contributed by atoms with Gasteiger partial charge in [0.15, 0.2) is 17.5 Å². The third-order valence-electron chi connectivity index (χ3n) is 13.6. The number of hydrogen-bond donors (Lipinski definition) is 0. The van der Waals surface area contributed by atoms with E-state index in [1.165, 1.54) is 81.7 Å². The van der Waals surface area contributed by atoms with Crippen molar-refractivity contribution in [1.29, 1.82) is 0 Å². The van der Waals surface area contributed by atoms with Gasteiger partial charge in [-0.05, 0) is 96.1 Å². The first-order chi connectivity index (χ1) is 31.1. The Morgan fingerprint density at radius 1 is 0.429 bits per heavy atom. The first-order valence-electron chi connectivity index (χ1n) is 21.8. The number of nitrogens with zero attached hydrogens (tertiary/aromatic N) is 3. The molecule has 63 heavy (non-hydrogen) atoms. The molecule has 4 heteroatoms. The summed E-state index contributed by atoms with van der Waals surface area (Å²) in [5.74, 6) is 2.45. The predicted octanol–water partition coefficient (Wildman–Crippen LogP) is 15.0. The highest BCUT2D eigenvalue weighted by Gasteiger charge is 2.52. The highest BCUT2D eigenvalue weighted by Crippen LogP contribution is 2.63. The summed E-state index contributed by atoms with van der Waals surface area (Å²) < 4.78 is 1.35. The number of rotatable bonds is 5. The molecule has 1 atom stereocenters. The molecule has 3 nitrogen and oxygen atoms in total. The molecule has 0 amide bonds. The lowest BCUT2D eigenvalue weighted by Crippen LogP contribution is -2.25. The van der Waals surface area contributed by atoms with E-state index in [9.17, 15) is 0 Å². The van der Waals surface area contributed by atoms with E-state index in [4.69, 9.17) is 15.0 Å². The molecule has 13 rings (SSSR count). The Hall–Kier alpha value is -7.53. The number of allylic oxidation sites excluding steroid dienone is 1. The third kappa shape index (κ3) is 5.35. The van der Waals surface area contributed by atoms with Crippen LogP contribution in [-0.4, -0.2) is 15.0 Å². The second kappa shape index (κ2) is 14.0. The Morgan fingerprint density at radius 3 is 1.60 bits per heavy atom. The van der Waals surface area contributed by atoms with Crippen LogP contribution in [0.1, 0.15) is 57.5 Å². The van der Waals surface area contributed by atoms with Crippen molar-refractivity contribution >= 4 is 27.0 Å². The van der Waals surface area contributed by atoms with Crippen LogP contribution in [0.3, 0.4) is 0 Å². The Bertz CT molecular complexity index is 3440. The van der Waals surface area contributed by atoms with Crippen LogP contribution in [0.4, 0.5) is 0 Å². The van der Waals surface area contributed by atoms with E-state index in [0.29, 0.717) is 23.4 Å². The van der Waals surface area contributed by atoms with E-state index in [1.54, 1.807) is 0 Å². The summed E-state index contributed by atoms with van der Waals surface area (Å²) in [5.41, 5.74) is 18.9. The van der Waals surface area contributed by atoms with E-state index in [1.807, 2.05) is 11.3 Å². The van der Waals surface area contributed by atoms with Crippen molar-refractivity contribution in [3.8, 4) is 67.5 Å². The lowest BCUT2D eigenvalue weighted by Gasteiger charge is -2.30. The highest BCUT2D eigenvalue weighted by molar-refractivity contribution is 7.20. The fourth-order valence-electron chi connectivity index (χ4n) is 10.8. The fourth-order valence-corrected chi connectivity index (χ4v) is 12.2. The summed E-state index contributed by atoms with van der Waals surface area (Å²) in [6, 6.07) is 70.4. The fraction of sp³-hybridized carbons (Fsp3) is 0.0678. The Balaban J connectivity index is 0.986. The van der Waals surface area contributed by atoms with Crippen LogP contribution < -0.4 is 0 Å². The average Bonchev–Trinajstić information content (AvgIpc) is 4.00. The standard InChI is InChI=1S/C59H39N3S/c1-36-26-35-42(55-53(36)46-19-8-12-25-52(46)63-55)39-29-33-41(34-30-39)57-60-56(40-31-27-38(28-32-40)37-14-3-2-4-15-37)61-58(62-57)47-20-13-24-51-54(47)45-18-7-11-23-50(45)59(51)48-21-9-5-16-43(48)44-17-6-10-22-49(44)59/h2-25,27-36H,26H2,1H3. The minimum Gasteiger partial charge on any atom is -0.208 e. The SMILES string of the molecule is CC1CC=C(c2ccc(-c3nc(-c4ccc(-c5ccccc5)cc4)nc(-c4cccc5c4-c4ccccc4C54c5ccccc5-c5ccccc54)n3)cc2)c2sc3ccccc3c21. The number of thiophene rings is 1. The van der Waals surface area contributed by atoms with Crippen LogP contribution >= 0.6 is 11.3 Å². The maximum Gasteiger partial charge on any atom is 0.164 e. The van der Waals surface area contributed by atoms with E-state index >= 15 is 0 Å². The van der Waals surface area contributed by atoms with Crippen molar-refractivity contribution in [3.05, 3.63) is 238 Å². The monoisotopic (exact) mass is 821 g/mol. The van der Waals surface area contributed by atoms with Gasteiger partial charge in [0.05, 0.1) is 5.41 Å². The van der Waals surface area contributed by atoms with Crippen molar-refractivity contribution in [2.75, 3.05) is 0 Å². The first-order valence-corrected chi connectivity index (χ1v) is 22.6. The maximum absolute atomic E-state index is 5.40. The highest BCUT2D eigenvalue weighted by atomic mass is 32.1. The molecule has 8 aromatic carbocycles. The molecule has 0 aliphatic heterocycles. The van der Waals surface area contributed by atoms with Crippen LogP contribution in [0.25, 0.3) is 83.2 Å². The smallest absolute Gasteiger partial charge is 0.164 e. The number of fused-ring (bicyclic) bond motifs is 13. The van der Waals surface area contributed by atoms with Gasteiger partial charge in [0.25, 0.3) is 0 Å². The first kappa shape index (κ1) is 36.2. The molecule has 3 aliphatic rings. The average molecular weight is 822 g/mol. The molecule has 296 valence electrons.